The minimum absolute atomic E-state index is 0.0866. The molecule has 2 rings (SSSR count). The quantitative estimate of drug-likeness (QED) is 0.299. The average Bonchev–Trinajstić information content (AvgIpc) is 3.07. The zero-order valence-corrected chi connectivity index (χ0v) is 21.5. The fraction of sp³-hybridized carbons (Fsp3) is 0.909. The van der Waals surface area contributed by atoms with Gasteiger partial charge in [-0.05, 0) is 20.8 Å². The van der Waals surface area contributed by atoms with E-state index >= 15 is 0 Å². The Morgan fingerprint density at radius 3 is 2.00 bits per heavy atom. The van der Waals surface area contributed by atoms with Crippen molar-refractivity contribution in [3.63, 3.8) is 0 Å². The van der Waals surface area contributed by atoms with Gasteiger partial charge in [0.1, 0.15) is 23.9 Å². The van der Waals surface area contributed by atoms with E-state index in [9.17, 15) is 14.7 Å². The van der Waals surface area contributed by atoms with Gasteiger partial charge in [0.2, 0.25) is 5.91 Å². The van der Waals surface area contributed by atoms with Crippen molar-refractivity contribution in [1.29, 1.82) is 0 Å². The van der Waals surface area contributed by atoms with Gasteiger partial charge in [-0.1, -0.05) is 11.8 Å². The number of hydrogen-bond acceptors (Lipinski definition) is 11. The number of thioether (sulfide) groups is 1. The first-order valence-corrected chi connectivity index (χ1v) is 12.5. The summed E-state index contributed by atoms with van der Waals surface area (Å²) in [7, 11) is 0. The average molecular weight is 510 g/mol. The molecule has 2 fully saturated rings. The molecule has 0 aromatic rings. The van der Waals surface area contributed by atoms with Gasteiger partial charge in [0.05, 0.1) is 52.9 Å². The van der Waals surface area contributed by atoms with E-state index in [1.54, 1.807) is 20.8 Å². The molecule has 34 heavy (non-hydrogen) atoms. The predicted molar refractivity (Wildman–Crippen MR) is 123 cm³/mol. The number of nitrogens with one attached hydrogen (secondary N) is 1. The normalized spacial score (nSPS) is 30.2. The molecular weight excluding hydrogens is 470 g/mol. The highest BCUT2D eigenvalue weighted by Gasteiger charge is 2.60. The zero-order chi connectivity index (χ0) is 25.2. The van der Waals surface area contributed by atoms with Crippen molar-refractivity contribution >= 4 is 22.8 Å². The van der Waals surface area contributed by atoms with Crippen LogP contribution in [0.2, 0.25) is 0 Å². The number of fused-ring (bicyclic) bond motifs is 1. The lowest BCUT2D eigenvalue weighted by Gasteiger charge is -2.46. The van der Waals surface area contributed by atoms with Gasteiger partial charge in [-0.2, -0.15) is 0 Å². The maximum atomic E-state index is 11.6. The topological polar surface area (TPSA) is 131 Å². The molecular formula is C22H39NO10S. The Morgan fingerprint density at radius 2 is 1.44 bits per heavy atom. The molecule has 2 aliphatic rings. The summed E-state index contributed by atoms with van der Waals surface area (Å²) in [6.07, 6.45) is -2.39. The van der Waals surface area contributed by atoms with E-state index in [4.69, 9.17) is 33.2 Å². The molecule has 1 amide bonds. The van der Waals surface area contributed by atoms with Crippen LogP contribution in [0.1, 0.15) is 34.6 Å². The molecule has 2 saturated heterocycles. The van der Waals surface area contributed by atoms with Gasteiger partial charge in [-0.25, -0.2) is 0 Å². The van der Waals surface area contributed by atoms with Crippen LogP contribution in [0.3, 0.4) is 0 Å². The molecule has 0 radical (unpaired) electrons. The van der Waals surface area contributed by atoms with Crippen molar-refractivity contribution in [2.24, 2.45) is 0 Å². The molecule has 0 unspecified atom stereocenters. The van der Waals surface area contributed by atoms with Crippen molar-refractivity contribution in [3.05, 3.63) is 0 Å². The van der Waals surface area contributed by atoms with E-state index < -0.39 is 35.9 Å². The first kappa shape index (κ1) is 29.4. The summed E-state index contributed by atoms with van der Waals surface area (Å²) in [6.45, 7) is 11.4. The zero-order valence-electron chi connectivity index (χ0n) is 20.7. The highest BCUT2D eigenvalue weighted by molar-refractivity contribution is 8.13. The van der Waals surface area contributed by atoms with Crippen molar-refractivity contribution in [3.8, 4) is 0 Å². The van der Waals surface area contributed by atoms with E-state index in [2.05, 4.69) is 5.32 Å². The first-order chi connectivity index (χ1) is 16.0. The van der Waals surface area contributed by atoms with Gasteiger partial charge >= 0.3 is 0 Å². The summed E-state index contributed by atoms with van der Waals surface area (Å²) in [5.74, 6) is -0.532. The summed E-state index contributed by atoms with van der Waals surface area (Å²) < 4.78 is 39.9. The van der Waals surface area contributed by atoms with Crippen LogP contribution < -0.4 is 5.32 Å². The molecule has 0 aromatic heterocycles. The van der Waals surface area contributed by atoms with Crippen LogP contribution in [0.4, 0.5) is 0 Å². The Bertz CT molecular complexity index is 651. The van der Waals surface area contributed by atoms with Crippen LogP contribution in [-0.4, -0.2) is 111 Å². The maximum Gasteiger partial charge on any atom is 0.217 e. The third-order valence-electron chi connectivity index (χ3n) is 5.19. The summed E-state index contributed by atoms with van der Waals surface area (Å²) in [5, 5.41) is 13.3. The molecule has 12 heteroatoms. The highest BCUT2D eigenvalue weighted by Crippen LogP contribution is 2.42. The van der Waals surface area contributed by atoms with E-state index in [-0.39, 0.29) is 17.6 Å². The molecule has 0 saturated carbocycles. The number of carbonyl (C=O) groups excluding carboxylic acids is 2. The second-order valence-corrected chi connectivity index (χ2v) is 10.1. The first-order valence-electron chi connectivity index (χ1n) is 11.5. The maximum absolute atomic E-state index is 11.6. The van der Waals surface area contributed by atoms with Crippen molar-refractivity contribution in [2.45, 2.75) is 70.5 Å². The Kier molecular flexibility index (Phi) is 12.1. The molecule has 0 aliphatic carbocycles. The Labute approximate surface area is 205 Å². The molecule has 2 heterocycles. The van der Waals surface area contributed by atoms with Crippen LogP contribution in [-0.2, 0) is 42.7 Å². The Hall–Kier alpha value is -0.830. The standard InChI is InChI=1S/C22H39NO10S/c1-15(24)23-17-18-19(32-21(3,4)31-18)22(5,33-20(17)26)14-30-11-10-28-7-6-27-8-9-29-12-13-34-16(2)25/h17-20,26H,6-14H2,1-5H3,(H,23,24)/t17-,18-,19-,20+,22-/m1/s1. The van der Waals surface area contributed by atoms with Crippen molar-refractivity contribution in [2.75, 3.05) is 58.6 Å². The number of ether oxygens (including phenoxy) is 7. The second-order valence-electron chi connectivity index (χ2n) is 8.80. The van der Waals surface area contributed by atoms with E-state index in [0.717, 1.165) is 0 Å². The number of carbonyl (C=O) groups is 2. The van der Waals surface area contributed by atoms with Crippen LogP contribution in [0.25, 0.3) is 0 Å². The van der Waals surface area contributed by atoms with Gasteiger partial charge in [-0.15, -0.1) is 0 Å². The predicted octanol–water partition coefficient (Wildman–Crippen LogP) is 0.465. The second kappa shape index (κ2) is 14.0. The SMILES string of the molecule is CC(=O)N[C@@H]1[C@H]2OC(C)(C)O[C@H]2[C@@](C)(COCCOCCOCCOCCSC(C)=O)O[C@@H]1O. The summed E-state index contributed by atoms with van der Waals surface area (Å²) in [5.41, 5.74) is -0.973. The van der Waals surface area contributed by atoms with Gasteiger partial charge in [0.15, 0.2) is 17.2 Å². The van der Waals surface area contributed by atoms with Crippen LogP contribution in [0.5, 0.6) is 0 Å². The monoisotopic (exact) mass is 509 g/mol. The van der Waals surface area contributed by atoms with Crippen molar-refractivity contribution in [1.82, 2.24) is 5.32 Å². The summed E-state index contributed by atoms with van der Waals surface area (Å²) in [4.78, 5) is 22.3. The fourth-order valence-electron chi connectivity index (χ4n) is 3.79. The molecule has 198 valence electrons. The van der Waals surface area contributed by atoms with Crippen molar-refractivity contribution < 1.29 is 47.9 Å². The Morgan fingerprint density at radius 1 is 0.882 bits per heavy atom. The minimum atomic E-state index is -1.26. The highest BCUT2D eigenvalue weighted by atomic mass is 32.2. The molecule has 0 spiro atoms. The molecule has 2 aliphatic heterocycles. The lowest BCUT2D eigenvalue weighted by atomic mass is 9.87. The number of amides is 1. The largest absolute Gasteiger partial charge is 0.378 e. The lowest BCUT2D eigenvalue weighted by molar-refractivity contribution is -0.279. The Balaban J connectivity index is 1.60. The van der Waals surface area contributed by atoms with Gasteiger partial charge in [0.25, 0.3) is 0 Å². The molecule has 11 nitrogen and oxygen atoms in total. The number of aliphatic hydroxyl groups excluding tert-OH is 1. The van der Waals surface area contributed by atoms with E-state index in [0.29, 0.717) is 52.0 Å². The number of hydrogen-bond donors (Lipinski definition) is 2. The van der Waals surface area contributed by atoms with Crippen LogP contribution >= 0.6 is 11.8 Å². The van der Waals surface area contributed by atoms with E-state index in [1.807, 2.05) is 0 Å². The van der Waals surface area contributed by atoms with Crippen LogP contribution in [0.15, 0.2) is 0 Å². The minimum Gasteiger partial charge on any atom is -0.378 e. The molecule has 2 N–H and O–H groups in total. The van der Waals surface area contributed by atoms with Gasteiger partial charge in [0, 0.05) is 19.6 Å². The van der Waals surface area contributed by atoms with Gasteiger partial charge < -0.3 is 43.6 Å². The number of rotatable bonds is 15. The fourth-order valence-corrected chi connectivity index (χ4v) is 4.27. The molecule has 0 bridgehead atoms. The third kappa shape index (κ3) is 9.67. The molecule has 0 aromatic carbocycles. The third-order valence-corrected chi connectivity index (χ3v) is 5.97. The summed E-state index contributed by atoms with van der Waals surface area (Å²) in [6, 6.07) is -0.745. The lowest BCUT2D eigenvalue weighted by Crippen LogP contribution is -2.67. The summed E-state index contributed by atoms with van der Waals surface area (Å²) >= 11 is 1.24. The number of aliphatic hydroxyl groups is 1. The van der Waals surface area contributed by atoms with Crippen LogP contribution in [0, 0.1) is 0 Å². The smallest absolute Gasteiger partial charge is 0.217 e. The van der Waals surface area contributed by atoms with Gasteiger partial charge in [-0.3, -0.25) is 9.59 Å². The van der Waals surface area contributed by atoms with E-state index in [1.165, 1.54) is 25.6 Å². The molecule has 5 atom stereocenters.